The molecule has 1 aliphatic carbocycles. The van der Waals surface area contributed by atoms with Gasteiger partial charge in [-0.25, -0.2) is 0 Å². The zero-order valence-electron chi connectivity index (χ0n) is 9.92. The van der Waals surface area contributed by atoms with Crippen molar-refractivity contribution in [2.45, 2.75) is 46.1 Å². The molecule has 0 radical (unpaired) electrons. The molecule has 0 heterocycles. The van der Waals surface area contributed by atoms with Crippen LogP contribution in [0.4, 0.5) is 0 Å². The normalized spacial score (nSPS) is 17.5. The molecule has 1 fully saturated rings. The molecular weight excluding hydrogens is 184 g/mol. The molecule has 0 amide bonds. The second kappa shape index (κ2) is 4.26. The Morgan fingerprint density at radius 1 is 1.27 bits per heavy atom. The number of aryl methyl sites for hydroxylation is 2. The van der Waals surface area contributed by atoms with Crippen LogP contribution in [0.25, 0.3) is 0 Å². The van der Waals surface area contributed by atoms with Crippen LogP contribution in [0, 0.1) is 19.8 Å². The van der Waals surface area contributed by atoms with Crippen LogP contribution in [-0.2, 0) is 0 Å². The molecule has 1 heteroatoms. The number of ether oxygens (including phenoxy) is 1. The lowest BCUT2D eigenvalue weighted by molar-refractivity contribution is 0.201. The molecule has 1 atom stereocenters. The molecule has 2 rings (SSSR count). The Morgan fingerprint density at radius 2 is 1.87 bits per heavy atom. The lowest BCUT2D eigenvalue weighted by atomic mass is 10.1. The summed E-state index contributed by atoms with van der Waals surface area (Å²) in [7, 11) is 0. The molecule has 1 unspecified atom stereocenters. The van der Waals surface area contributed by atoms with E-state index in [0.717, 1.165) is 11.7 Å². The van der Waals surface area contributed by atoms with Gasteiger partial charge >= 0.3 is 0 Å². The van der Waals surface area contributed by atoms with Gasteiger partial charge in [-0.3, -0.25) is 0 Å². The molecular formula is C14H20O. The number of rotatable bonds is 4. The van der Waals surface area contributed by atoms with E-state index >= 15 is 0 Å². The molecule has 0 bridgehead atoms. The van der Waals surface area contributed by atoms with E-state index in [9.17, 15) is 0 Å². The Labute approximate surface area is 92.5 Å². The van der Waals surface area contributed by atoms with Gasteiger partial charge in [-0.05, 0) is 44.2 Å². The maximum atomic E-state index is 6.03. The molecule has 1 aromatic rings. The van der Waals surface area contributed by atoms with Crippen LogP contribution in [0.1, 0.15) is 37.3 Å². The van der Waals surface area contributed by atoms with Crippen molar-refractivity contribution >= 4 is 0 Å². The van der Waals surface area contributed by atoms with Crippen LogP contribution in [-0.4, -0.2) is 6.10 Å². The van der Waals surface area contributed by atoms with E-state index < -0.39 is 0 Å². The van der Waals surface area contributed by atoms with Crippen LogP contribution in [0.2, 0.25) is 0 Å². The first kappa shape index (κ1) is 10.5. The van der Waals surface area contributed by atoms with E-state index in [1.165, 1.54) is 30.4 Å². The Balaban J connectivity index is 2.01. The maximum absolute atomic E-state index is 6.03. The molecule has 15 heavy (non-hydrogen) atoms. The Bertz CT molecular complexity index is 319. The van der Waals surface area contributed by atoms with Gasteiger partial charge in [0.05, 0.1) is 6.10 Å². The van der Waals surface area contributed by atoms with Crippen molar-refractivity contribution in [3.8, 4) is 5.75 Å². The molecule has 0 aromatic heterocycles. The van der Waals surface area contributed by atoms with Crippen LogP contribution in [0.3, 0.4) is 0 Å². The fraction of sp³-hybridized carbons (Fsp3) is 0.571. The van der Waals surface area contributed by atoms with Gasteiger partial charge in [0.15, 0.2) is 0 Å². The van der Waals surface area contributed by atoms with Gasteiger partial charge in [-0.2, -0.15) is 0 Å². The highest BCUT2D eigenvalue weighted by molar-refractivity contribution is 5.39. The van der Waals surface area contributed by atoms with Gasteiger partial charge < -0.3 is 4.74 Å². The summed E-state index contributed by atoms with van der Waals surface area (Å²) < 4.78 is 6.03. The molecule has 82 valence electrons. The molecule has 1 saturated carbocycles. The fourth-order valence-electron chi connectivity index (χ4n) is 2.06. The Morgan fingerprint density at radius 3 is 2.40 bits per heavy atom. The number of para-hydroxylation sites is 1. The summed E-state index contributed by atoms with van der Waals surface area (Å²) in [4.78, 5) is 0. The lowest BCUT2D eigenvalue weighted by Gasteiger charge is -2.18. The zero-order chi connectivity index (χ0) is 10.8. The fourth-order valence-corrected chi connectivity index (χ4v) is 2.06. The smallest absolute Gasteiger partial charge is 0.125 e. The topological polar surface area (TPSA) is 9.23 Å². The van der Waals surface area contributed by atoms with Crippen LogP contribution in [0.15, 0.2) is 18.2 Å². The second-order valence-corrected chi connectivity index (χ2v) is 4.83. The van der Waals surface area contributed by atoms with Crippen molar-refractivity contribution in [1.29, 1.82) is 0 Å². The van der Waals surface area contributed by atoms with Crippen LogP contribution >= 0.6 is 0 Å². The number of benzene rings is 1. The summed E-state index contributed by atoms with van der Waals surface area (Å²) in [5.74, 6) is 2.02. The standard InChI is InChI=1S/C14H20O/c1-10-5-4-6-11(2)14(10)15-12(3)9-13-7-8-13/h4-6,12-13H,7-9H2,1-3H3. The van der Waals surface area contributed by atoms with Gasteiger partial charge in [-0.15, -0.1) is 0 Å². The Kier molecular flexibility index (Phi) is 2.99. The van der Waals surface area contributed by atoms with Gasteiger partial charge in [0.25, 0.3) is 0 Å². The second-order valence-electron chi connectivity index (χ2n) is 4.83. The molecule has 1 aliphatic rings. The summed E-state index contributed by atoms with van der Waals surface area (Å²) in [6.07, 6.45) is 4.38. The SMILES string of the molecule is Cc1cccc(C)c1OC(C)CC1CC1. The molecule has 1 aromatic carbocycles. The van der Waals surface area contributed by atoms with Gasteiger partial charge in [0.1, 0.15) is 5.75 Å². The molecule has 0 N–H and O–H groups in total. The molecule has 0 saturated heterocycles. The highest BCUT2D eigenvalue weighted by Crippen LogP contribution is 2.35. The predicted molar refractivity (Wildman–Crippen MR) is 63.3 cm³/mol. The summed E-state index contributed by atoms with van der Waals surface area (Å²) >= 11 is 0. The number of hydrogen-bond acceptors (Lipinski definition) is 1. The average Bonchev–Trinajstić information content (AvgIpc) is 2.95. The first-order valence-corrected chi connectivity index (χ1v) is 5.89. The summed E-state index contributed by atoms with van der Waals surface area (Å²) in [5, 5.41) is 0. The summed E-state index contributed by atoms with van der Waals surface area (Å²) in [6, 6.07) is 6.32. The predicted octanol–water partition coefficient (Wildman–Crippen LogP) is 3.87. The van der Waals surface area contributed by atoms with E-state index in [-0.39, 0.29) is 0 Å². The number of hydrogen-bond donors (Lipinski definition) is 0. The van der Waals surface area contributed by atoms with Crippen LogP contribution in [0.5, 0.6) is 5.75 Å². The van der Waals surface area contributed by atoms with Crippen molar-refractivity contribution in [2.24, 2.45) is 5.92 Å². The Hall–Kier alpha value is -0.980. The quantitative estimate of drug-likeness (QED) is 0.723. The van der Waals surface area contributed by atoms with Gasteiger partial charge in [0.2, 0.25) is 0 Å². The van der Waals surface area contributed by atoms with Crippen LogP contribution < -0.4 is 4.74 Å². The molecule has 0 aliphatic heterocycles. The summed E-state index contributed by atoms with van der Waals surface area (Å²) in [6.45, 7) is 6.42. The highest BCUT2D eigenvalue weighted by Gasteiger charge is 2.24. The van der Waals surface area contributed by atoms with Gasteiger partial charge in [0, 0.05) is 0 Å². The summed E-state index contributed by atoms with van der Waals surface area (Å²) in [5.41, 5.74) is 2.50. The van der Waals surface area contributed by atoms with E-state index in [0.29, 0.717) is 6.10 Å². The van der Waals surface area contributed by atoms with E-state index in [1.807, 2.05) is 0 Å². The first-order chi connectivity index (χ1) is 7.16. The van der Waals surface area contributed by atoms with E-state index in [2.05, 4.69) is 39.0 Å². The van der Waals surface area contributed by atoms with Crippen molar-refractivity contribution < 1.29 is 4.74 Å². The lowest BCUT2D eigenvalue weighted by Crippen LogP contribution is -2.13. The van der Waals surface area contributed by atoms with Crippen molar-refractivity contribution in [3.63, 3.8) is 0 Å². The van der Waals surface area contributed by atoms with Crippen molar-refractivity contribution in [2.75, 3.05) is 0 Å². The molecule has 0 spiro atoms. The minimum Gasteiger partial charge on any atom is -0.490 e. The third kappa shape index (κ3) is 2.74. The third-order valence-electron chi connectivity index (χ3n) is 3.09. The third-order valence-corrected chi connectivity index (χ3v) is 3.09. The zero-order valence-corrected chi connectivity index (χ0v) is 9.92. The minimum absolute atomic E-state index is 0.359. The highest BCUT2D eigenvalue weighted by atomic mass is 16.5. The van der Waals surface area contributed by atoms with Gasteiger partial charge in [-0.1, -0.05) is 31.0 Å². The average molecular weight is 204 g/mol. The van der Waals surface area contributed by atoms with Crippen molar-refractivity contribution in [3.05, 3.63) is 29.3 Å². The van der Waals surface area contributed by atoms with Crippen molar-refractivity contribution in [1.82, 2.24) is 0 Å². The molecule has 1 nitrogen and oxygen atoms in total. The van der Waals surface area contributed by atoms with E-state index in [1.54, 1.807) is 0 Å². The monoisotopic (exact) mass is 204 g/mol. The maximum Gasteiger partial charge on any atom is 0.125 e. The first-order valence-electron chi connectivity index (χ1n) is 5.89. The largest absolute Gasteiger partial charge is 0.490 e. The van der Waals surface area contributed by atoms with E-state index in [4.69, 9.17) is 4.74 Å². The minimum atomic E-state index is 0.359.